The first-order valence-electron chi connectivity index (χ1n) is 7.49. The maximum atomic E-state index is 11.6. The van der Waals surface area contributed by atoms with Crippen LogP contribution in [0.2, 0.25) is 0 Å². The van der Waals surface area contributed by atoms with Gasteiger partial charge in [0.2, 0.25) is 5.91 Å². The lowest BCUT2D eigenvalue weighted by Gasteiger charge is -2.18. The topological polar surface area (TPSA) is 70.6 Å². The van der Waals surface area contributed by atoms with Gasteiger partial charge in [-0.2, -0.15) is 0 Å². The number of hydrogen-bond donors (Lipinski definition) is 3. The van der Waals surface area contributed by atoms with Crippen molar-refractivity contribution in [3.63, 3.8) is 0 Å². The Morgan fingerprint density at radius 1 is 1.35 bits per heavy atom. The van der Waals surface area contributed by atoms with Crippen molar-refractivity contribution in [1.29, 1.82) is 0 Å². The smallest absolute Gasteiger partial charge is 0.220 e. The van der Waals surface area contributed by atoms with Crippen LogP contribution < -0.4 is 10.6 Å². The fourth-order valence-corrected chi connectivity index (χ4v) is 2.41. The molecule has 118 valence electrons. The molecule has 1 unspecified atom stereocenters. The summed E-state index contributed by atoms with van der Waals surface area (Å²) in [5.74, 6) is 0.112. The summed E-state index contributed by atoms with van der Waals surface area (Å²) in [5.41, 5.74) is -0.421. The number of ether oxygens (including phenoxy) is 1. The van der Waals surface area contributed by atoms with Gasteiger partial charge >= 0.3 is 0 Å². The number of carbonyl (C=O) groups excluding carboxylic acids is 1. The zero-order valence-corrected chi connectivity index (χ0v) is 13.5. The highest BCUT2D eigenvalue weighted by Crippen LogP contribution is 2.22. The number of aliphatic hydroxyl groups is 1. The van der Waals surface area contributed by atoms with Gasteiger partial charge in [-0.1, -0.05) is 20.8 Å². The monoisotopic (exact) mass is 286 g/mol. The molecule has 0 aliphatic carbocycles. The minimum absolute atomic E-state index is 0.0183. The lowest BCUT2D eigenvalue weighted by Crippen LogP contribution is -2.39. The minimum Gasteiger partial charge on any atom is -0.367 e. The SMILES string of the molecule is CC(C)(C)CC(=O)NCCCC[C@H]1NC(C)(C)OC1O. The van der Waals surface area contributed by atoms with E-state index in [-0.39, 0.29) is 17.4 Å². The predicted molar refractivity (Wildman–Crippen MR) is 79.0 cm³/mol. The van der Waals surface area contributed by atoms with Gasteiger partial charge < -0.3 is 15.2 Å². The zero-order chi connectivity index (χ0) is 15.4. The molecule has 1 aliphatic heterocycles. The fraction of sp³-hybridized carbons (Fsp3) is 0.933. The van der Waals surface area contributed by atoms with Gasteiger partial charge in [-0.15, -0.1) is 0 Å². The second kappa shape index (κ2) is 6.87. The number of unbranched alkanes of at least 4 members (excludes halogenated alkanes) is 1. The van der Waals surface area contributed by atoms with Crippen LogP contribution in [0.5, 0.6) is 0 Å². The molecule has 1 fully saturated rings. The average molecular weight is 286 g/mol. The van der Waals surface area contributed by atoms with Crippen molar-refractivity contribution in [2.24, 2.45) is 5.41 Å². The third-order valence-corrected chi connectivity index (χ3v) is 3.25. The molecular formula is C15H30N2O3. The van der Waals surface area contributed by atoms with Crippen molar-refractivity contribution in [1.82, 2.24) is 10.6 Å². The van der Waals surface area contributed by atoms with Crippen molar-refractivity contribution < 1.29 is 14.6 Å². The highest BCUT2D eigenvalue weighted by molar-refractivity contribution is 5.76. The maximum absolute atomic E-state index is 11.6. The largest absolute Gasteiger partial charge is 0.367 e. The Hall–Kier alpha value is -0.650. The molecule has 1 rings (SSSR count). The van der Waals surface area contributed by atoms with E-state index >= 15 is 0 Å². The Morgan fingerprint density at radius 2 is 2.00 bits per heavy atom. The number of aliphatic hydroxyl groups excluding tert-OH is 1. The maximum Gasteiger partial charge on any atom is 0.220 e. The van der Waals surface area contributed by atoms with Crippen LogP contribution in [0.25, 0.3) is 0 Å². The van der Waals surface area contributed by atoms with Crippen molar-refractivity contribution in [2.45, 2.75) is 78.4 Å². The van der Waals surface area contributed by atoms with E-state index in [1.165, 1.54) is 0 Å². The molecule has 20 heavy (non-hydrogen) atoms. The molecular weight excluding hydrogens is 256 g/mol. The zero-order valence-electron chi connectivity index (χ0n) is 13.5. The Labute approximate surface area is 122 Å². The summed E-state index contributed by atoms with van der Waals surface area (Å²) < 4.78 is 5.39. The molecule has 0 radical (unpaired) electrons. The summed E-state index contributed by atoms with van der Waals surface area (Å²) >= 11 is 0. The highest BCUT2D eigenvalue weighted by atomic mass is 16.6. The van der Waals surface area contributed by atoms with Crippen LogP contribution in [0.3, 0.4) is 0 Å². The summed E-state index contributed by atoms with van der Waals surface area (Å²) in [6, 6.07) is -0.0183. The number of nitrogens with one attached hydrogen (secondary N) is 2. The van der Waals surface area contributed by atoms with Crippen molar-refractivity contribution in [3.05, 3.63) is 0 Å². The summed E-state index contributed by atoms with van der Waals surface area (Å²) in [6.45, 7) is 10.7. The third-order valence-electron chi connectivity index (χ3n) is 3.25. The Morgan fingerprint density at radius 3 is 2.50 bits per heavy atom. The van der Waals surface area contributed by atoms with Crippen LogP contribution >= 0.6 is 0 Å². The Balaban J connectivity index is 2.10. The fourth-order valence-electron chi connectivity index (χ4n) is 2.41. The van der Waals surface area contributed by atoms with Gasteiger partial charge in [0, 0.05) is 13.0 Å². The van der Waals surface area contributed by atoms with Crippen LogP contribution in [0, 0.1) is 5.41 Å². The van der Waals surface area contributed by atoms with Gasteiger partial charge in [0.15, 0.2) is 6.29 Å². The summed E-state index contributed by atoms with van der Waals surface area (Å²) in [6.07, 6.45) is 2.53. The Bertz CT molecular complexity index is 324. The van der Waals surface area contributed by atoms with E-state index < -0.39 is 12.0 Å². The molecule has 5 heteroatoms. The van der Waals surface area contributed by atoms with E-state index in [0.29, 0.717) is 13.0 Å². The van der Waals surface area contributed by atoms with Gasteiger partial charge in [0.05, 0.1) is 6.04 Å². The molecule has 2 atom stereocenters. The molecule has 1 amide bonds. The van der Waals surface area contributed by atoms with Gasteiger partial charge in [-0.25, -0.2) is 0 Å². The van der Waals surface area contributed by atoms with Gasteiger partial charge in [0.1, 0.15) is 5.72 Å². The van der Waals surface area contributed by atoms with Crippen molar-refractivity contribution in [2.75, 3.05) is 6.54 Å². The van der Waals surface area contributed by atoms with E-state index in [0.717, 1.165) is 19.3 Å². The molecule has 0 aromatic rings. The second-order valence-electron chi connectivity index (χ2n) is 7.35. The first-order valence-corrected chi connectivity index (χ1v) is 7.49. The van der Waals surface area contributed by atoms with Gasteiger partial charge in [-0.3, -0.25) is 10.1 Å². The van der Waals surface area contributed by atoms with Crippen LogP contribution in [0.1, 0.15) is 60.3 Å². The number of carbonyl (C=O) groups is 1. The lowest BCUT2D eigenvalue weighted by atomic mass is 9.92. The van der Waals surface area contributed by atoms with Crippen LogP contribution in [-0.2, 0) is 9.53 Å². The molecule has 0 aromatic heterocycles. The van der Waals surface area contributed by atoms with Gasteiger partial charge in [-0.05, 0) is 38.5 Å². The first-order chi connectivity index (χ1) is 9.09. The number of rotatable bonds is 6. The number of amides is 1. The van der Waals surface area contributed by atoms with E-state index in [4.69, 9.17) is 4.74 Å². The summed E-state index contributed by atoms with van der Waals surface area (Å²) in [5, 5.41) is 15.9. The molecule has 1 aliphatic rings. The van der Waals surface area contributed by atoms with E-state index in [1.54, 1.807) is 0 Å². The van der Waals surface area contributed by atoms with Crippen molar-refractivity contribution >= 4 is 5.91 Å². The quantitative estimate of drug-likeness (QED) is 0.651. The molecule has 0 bridgehead atoms. The van der Waals surface area contributed by atoms with E-state index in [2.05, 4.69) is 31.4 Å². The Kier molecular flexibility index (Phi) is 5.98. The predicted octanol–water partition coefficient (Wildman–Crippen LogP) is 1.75. The van der Waals surface area contributed by atoms with E-state index in [9.17, 15) is 9.90 Å². The molecule has 0 saturated carbocycles. The van der Waals surface area contributed by atoms with E-state index in [1.807, 2.05) is 13.8 Å². The summed E-state index contributed by atoms with van der Waals surface area (Å²) in [7, 11) is 0. The highest BCUT2D eigenvalue weighted by Gasteiger charge is 2.37. The molecule has 1 saturated heterocycles. The molecule has 5 nitrogen and oxygen atoms in total. The van der Waals surface area contributed by atoms with Crippen LogP contribution in [0.4, 0.5) is 0 Å². The lowest BCUT2D eigenvalue weighted by molar-refractivity contribution is -0.130. The standard InChI is InChI=1S/C15H30N2O3/c1-14(2,3)10-12(18)16-9-7-6-8-11-13(19)20-15(4,5)17-11/h11,13,17,19H,6-10H2,1-5H3,(H,16,18)/t11-,13?/m1/s1. The second-order valence-corrected chi connectivity index (χ2v) is 7.35. The molecule has 0 spiro atoms. The van der Waals surface area contributed by atoms with Crippen LogP contribution in [0.15, 0.2) is 0 Å². The molecule has 3 N–H and O–H groups in total. The van der Waals surface area contributed by atoms with Gasteiger partial charge in [0.25, 0.3) is 0 Å². The normalized spacial score (nSPS) is 25.7. The average Bonchev–Trinajstić information content (AvgIpc) is 2.48. The van der Waals surface area contributed by atoms with Crippen molar-refractivity contribution in [3.8, 4) is 0 Å². The number of hydrogen-bond acceptors (Lipinski definition) is 4. The summed E-state index contributed by atoms with van der Waals surface area (Å²) in [4.78, 5) is 11.6. The first kappa shape index (κ1) is 17.4. The minimum atomic E-state index is -0.736. The molecule has 1 heterocycles. The molecule has 0 aromatic carbocycles. The van der Waals surface area contributed by atoms with Crippen LogP contribution in [-0.4, -0.2) is 35.6 Å². The third kappa shape index (κ3) is 6.68.